The van der Waals surface area contributed by atoms with Crippen LogP contribution in [0, 0.1) is 20.8 Å². The Morgan fingerprint density at radius 1 is 1.18 bits per heavy atom. The van der Waals surface area contributed by atoms with Crippen molar-refractivity contribution in [2.75, 3.05) is 5.32 Å². The summed E-state index contributed by atoms with van der Waals surface area (Å²) in [5.74, 6) is 0.666. The predicted molar refractivity (Wildman–Crippen MR) is 92.9 cm³/mol. The van der Waals surface area contributed by atoms with Gasteiger partial charge in [0.15, 0.2) is 0 Å². The van der Waals surface area contributed by atoms with Crippen LogP contribution in [0.5, 0.6) is 0 Å². The van der Waals surface area contributed by atoms with Crippen LogP contribution in [-0.4, -0.2) is 9.97 Å². The molecule has 1 atom stereocenters. The number of aromatic nitrogens is 2. The maximum absolute atomic E-state index is 12.3. The summed E-state index contributed by atoms with van der Waals surface area (Å²) in [5, 5.41) is 4.09. The van der Waals surface area contributed by atoms with Crippen molar-refractivity contribution in [2.45, 2.75) is 33.7 Å². The molecule has 22 heavy (non-hydrogen) atoms. The molecule has 0 aliphatic rings. The zero-order chi connectivity index (χ0) is 15.9. The van der Waals surface area contributed by atoms with E-state index in [9.17, 15) is 4.79 Å². The van der Waals surface area contributed by atoms with Crippen LogP contribution in [0.25, 0.3) is 10.2 Å². The normalized spacial score (nSPS) is 12.5. The summed E-state index contributed by atoms with van der Waals surface area (Å²) in [6.07, 6.45) is 0. The predicted octanol–water partition coefficient (Wildman–Crippen LogP) is 4.08. The van der Waals surface area contributed by atoms with E-state index in [-0.39, 0.29) is 11.6 Å². The van der Waals surface area contributed by atoms with Crippen LogP contribution in [-0.2, 0) is 0 Å². The van der Waals surface area contributed by atoms with Gasteiger partial charge in [-0.05, 0) is 45.4 Å². The third kappa shape index (κ3) is 2.64. The molecule has 3 rings (SSSR count). The molecule has 0 fully saturated rings. The molecule has 0 saturated heterocycles. The quantitative estimate of drug-likeness (QED) is 0.766. The van der Waals surface area contributed by atoms with Crippen molar-refractivity contribution in [1.82, 2.24) is 9.97 Å². The van der Waals surface area contributed by atoms with Crippen LogP contribution in [0.4, 0.5) is 5.69 Å². The highest BCUT2D eigenvalue weighted by atomic mass is 32.1. The Balaban J connectivity index is 1.95. The van der Waals surface area contributed by atoms with Crippen molar-refractivity contribution >= 4 is 27.2 Å². The number of hydrogen-bond acceptors (Lipinski definition) is 4. The third-order valence-electron chi connectivity index (χ3n) is 3.90. The average Bonchev–Trinajstić information content (AvgIpc) is 2.77. The Kier molecular flexibility index (Phi) is 3.74. The third-order valence-corrected chi connectivity index (χ3v) is 5.00. The molecular formula is C17H19N3OS. The van der Waals surface area contributed by atoms with Gasteiger partial charge in [0, 0.05) is 10.6 Å². The molecule has 4 nitrogen and oxygen atoms in total. The van der Waals surface area contributed by atoms with E-state index in [4.69, 9.17) is 0 Å². The van der Waals surface area contributed by atoms with Gasteiger partial charge in [-0.25, -0.2) is 4.98 Å². The summed E-state index contributed by atoms with van der Waals surface area (Å²) >= 11 is 1.57. The summed E-state index contributed by atoms with van der Waals surface area (Å²) in [4.78, 5) is 21.8. The summed E-state index contributed by atoms with van der Waals surface area (Å²) in [6, 6.07) is 8.10. The molecule has 0 bridgehead atoms. The van der Waals surface area contributed by atoms with Gasteiger partial charge in [0.25, 0.3) is 5.56 Å². The fraction of sp³-hybridized carbons (Fsp3) is 0.294. The monoisotopic (exact) mass is 313 g/mol. The van der Waals surface area contributed by atoms with Crippen LogP contribution in [0.15, 0.2) is 29.1 Å². The molecule has 2 aromatic heterocycles. The van der Waals surface area contributed by atoms with Crippen LogP contribution in [0.1, 0.15) is 34.8 Å². The van der Waals surface area contributed by atoms with Gasteiger partial charge < -0.3 is 10.3 Å². The average molecular weight is 313 g/mol. The van der Waals surface area contributed by atoms with Gasteiger partial charge in [0.1, 0.15) is 10.7 Å². The number of nitrogens with one attached hydrogen (secondary N) is 2. The second kappa shape index (κ2) is 5.57. The lowest BCUT2D eigenvalue weighted by Gasteiger charge is -2.14. The van der Waals surface area contributed by atoms with E-state index in [1.165, 1.54) is 5.56 Å². The number of thiophene rings is 1. The maximum Gasteiger partial charge on any atom is 0.259 e. The lowest BCUT2D eigenvalue weighted by Crippen LogP contribution is -2.17. The van der Waals surface area contributed by atoms with Crippen molar-refractivity contribution in [3.8, 4) is 0 Å². The molecular weight excluding hydrogens is 294 g/mol. The van der Waals surface area contributed by atoms with E-state index >= 15 is 0 Å². The molecule has 0 spiro atoms. The van der Waals surface area contributed by atoms with Crippen LogP contribution < -0.4 is 10.9 Å². The van der Waals surface area contributed by atoms with Crippen molar-refractivity contribution in [1.29, 1.82) is 0 Å². The molecule has 2 heterocycles. The van der Waals surface area contributed by atoms with Crippen molar-refractivity contribution < 1.29 is 0 Å². The first-order valence-corrected chi connectivity index (χ1v) is 8.10. The molecule has 2 N–H and O–H groups in total. The number of fused-ring (bicyclic) bond motifs is 1. The number of H-pyrrole nitrogens is 1. The number of benzene rings is 1. The van der Waals surface area contributed by atoms with Crippen molar-refractivity contribution in [2.24, 2.45) is 0 Å². The molecule has 0 aliphatic carbocycles. The van der Waals surface area contributed by atoms with E-state index in [0.717, 1.165) is 21.0 Å². The number of aromatic amines is 1. The first kappa shape index (κ1) is 14.8. The minimum Gasteiger partial charge on any atom is -0.375 e. The molecule has 0 amide bonds. The minimum atomic E-state index is -0.0671. The summed E-state index contributed by atoms with van der Waals surface area (Å²) in [5.41, 5.74) is 3.20. The molecule has 0 aliphatic heterocycles. The topological polar surface area (TPSA) is 57.8 Å². The molecule has 0 radical (unpaired) electrons. The van der Waals surface area contributed by atoms with E-state index in [2.05, 4.69) is 34.3 Å². The number of nitrogens with zero attached hydrogens (tertiary/aromatic N) is 1. The van der Waals surface area contributed by atoms with Crippen LogP contribution in [0.3, 0.4) is 0 Å². The highest BCUT2D eigenvalue weighted by Gasteiger charge is 2.15. The molecule has 3 aromatic rings. The lowest BCUT2D eigenvalue weighted by atomic mass is 10.2. The zero-order valence-corrected chi connectivity index (χ0v) is 14.0. The molecule has 0 unspecified atom stereocenters. The Hall–Kier alpha value is -2.14. The van der Waals surface area contributed by atoms with E-state index in [1.54, 1.807) is 11.3 Å². The van der Waals surface area contributed by atoms with Crippen LogP contribution >= 0.6 is 11.3 Å². The standard InChI is InChI=1S/C17H19N3OS/c1-9-5-7-13(8-6-9)18-11(3)15-19-16(21)14-10(2)12(4)22-17(14)20-15/h5-8,11,18H,1-4H3,(H,19,20,21)/t11-/m0/s1. The minimum absolute atomic E-state index is 0.0561. The second-order valence-corrected chi connectivity index (χ2v) is 6.85. The Morgan fingerprint density at radius 2 is 1.86 bits per heavy atom. The van der Waals surface area contributed by atoms with Gasteiger partial charge in [-0.3, -0.25) is 4.79 Å². The molecule has 0 saturated carbocycles. The fourth-order valence-corrected chi connectivity index (χ4v) is 3.48. The Bertz CT molecular complexity index is 877. The Morgan fingerprint density at radius 3 is 2.55 bits per heavy atom. The highest BCUT2D eigenvalue weighted by Crippen LogP contribution is 2.27. The van der Waals surface area contributed by atoms with E-state index in [1.807, 2.05) is 32.9 Å². The van der Waals surface area contributed by atoms with Gasteiger partial charge in [-0.2, -0.15) is 0 Å². The zero-order valence-electron chi connectivity index (χ0n) is 13.2. The molecule has 114 valence electrons. The summed E-state index contributed by atoms with van der Waals surface area (Å²) < 4.78 is 0. The van der Waals surface area contributed by atoms with Gasteiger partial charge in [-0.1, -0.05) is 17.7 Å². The first-order valence-electron chi connectivity index (χ1n) is 7.29. The van der Waals surface area contributed by atoms with Gasteiger partial charge in [-0.15, -0.1) is 11.3 Å². The SMILES string of the molecule is Cc1ccc(N[C@@H](C)c2nc3sc(C)c(C)c3c(=O)[nH]2)cc1. The molecule has 5 heteroatoms. The highest BCUT2D eigenvalue weighted by molar-refractivity contribution is 7.18. The van der Waals surface area contributed by atoms with E-state index in [0.29, 0.717) is 11.2 Å². The number of aryl methyl sites for hydroxylation is 3. The van der Waals surface area contributed by atoms with Crippen molar-refractivity contribution in [3.05, 3.63) is 56.4 Å². The second-order valence-electron chi connectivity index (χ2n) is 5.65. The largest absolute Gasteiger partial charge is 0.375 e. The van der Waals surface area contributed by atoms with Gasteiger partial charge in [0.05, 0.1) is 11.4 Å². The summed E-state index contributed by atoms with van der Waals surface area (Å²) in [6.45, 7) is 8.05. The van der Waals surface area contributed by atoms with Gasteiger partial charge in [0.2, 0.25) is 0 Å². The van der Waals surface area contributed by atoms with E-state index < -0.39 is 0 Å². The van der Waals surface area contributed by atoms with Crippen molar-refractivity contribution in [3.63, 3.8) is 0 Å². The Labute approximate surface area is 133 Å². The van der Waals surface area contributed by atoms with Crippen LogP contribution in [0.2, 0.25) is 0 Å². The summed E-state index contributed by atoms with van der Waals surface area (Å²) in [7, 11) is 0. The fourth-order valence-electron chi connectivity index (χ4n) is 2.44. The first-order chi connectivity index (χ1) is 10.5. The molecule has 1 aromatic carbocycles. The number of hydrogen-bond donors (Lipinski definition) is 2. The number of rotatable bonds is 3. The maximum atomic E-state index is 12.3. The van der Waals surface area contributed by atoms with Gasteiger partial charge >= 0.3 is 0 Å². The number of anilines is 1. The smallest absolute Gasteiger partial charge is 0.259 e. The lowest BCUT2D eigenvalue weighted by molar-refractivity contribution is 0.792.